The summed E-state index contributed by atoms with van der Waals surface area (Å²) in [6.45, 7) is 3.85. The predicted molar refractivity (Wildman–Crippen MR) is 138 cm³/mol. The van der Waals surface area contributed by atoms with E-state index in [4.69, 9.17) is 11.6 Å². The van der Waals surface area contributed by atoms with Gasteiger partial charge >= 0.3 is 0 Å². The van der Waals surface area contributed by atoms with Crippen LogP contribution in [0.15, 0.2) is 71.8 Å². The van der Waals surface area contributed by atoms with E-state index >= 15 is 0 Å². The maximum atomic E-state index is 13.9. The van der Waals surface area contributed by atoms with Gasteiger partial charge in [-0.2, -0.15) is 5.10 Å². The number of imide groups is 1. The molecule has 3 aromatic rings. The maximum absolute atomic E-state index is 13.9. The molecule has 3 aromatic carbocycles. The van der Waals surface area contributed by atoms with Gasteiger partial charge in [0, 0.05) is 10.7 Å². The van der Waals surface area contributed by atoms with Gasteiger partial charge in [0.15, 0.2) is 0 Å². The lowest BCUT2D eigenvalue weighted by Gasteiger charge is -2.33. The highest BCUT2D eigenvalue weighted by Crippen LogP contribution is 2.53. The first-order valence-electron chi connectivity index (χ1n) is 11.8. The number of anilines is 2. The zero-order valence-electron chi connectivity index (χ0n) is 19.7. The van der Waals surface area contributed by atoms with E-state index < -0.39 is 29.8 Å². The third kappa shape index (κ3) is 3.34. The molecular weight excluding hydrogens is 476 g/mol. The van der Waals surface area contributed by atoms with Gasteiger partial charge in [0.2, 0.25) is 17.7 Å². The highest BCUT2D eigenvalue weighted by Gasteiger charge is 2.65. The number of carbonyl (C=O) groups is 3. The van der Waals surface area contributed by atoms with Crippen molar-refractivity contribution in [2.24, 2.45) is 16.9 Å². The zero-order chi connectivity index (χ0) is 25.1. The van der Waals surface area contributed by atoms with E-state index in [1.165, 1.54) is 4.90 Å². The molecule has 0 aromatic heterocycles. The average Bonchev–Trinajstić information content (AvgIpc) is 3.34. The largest absolute Gasteiger partial charge is 0.324 e. The number of amides is 3. The molecule has 0 bridgehead atoms. The molecule has 0 radical (unpaired) electrons. The number of aryl methyl sites for hydroxylation is 2. The molecule has 3 aliphatic heterocycles. The summed E-state index contributed by atoms with van der Waals surface area (Å²) >= 11 is 5.99. The Morgan fingerprint density at radius 3 is 2.42 bits per heavy atom. The lowest BCUT2D eigenvalue weighted by Crippen LogP contribution is -2.46. The number of hydrogen-bond donors (Lipinski definition) is 1. The van der Waals surface area contributed by atoms with Crippen molar-refractivity contribution in [3.63, 3.8) is 0 Å². The van der Waals surface area contributed by atoms with Gasteiger partial charge in [0.25, 0.3) is 0 Å². The van der Waals surface area contributed by atoms with Crippen LogP contribution < -0.4 is 10.2 Å². The molecular formula is C28H23ClN4O3. The molecule has 7 nitrogen and oxygen atoms in total. The molecule has 0 saturated carbocycles. The van der Waals surface area contributed by atoms with Gasteiger partial charge < -0.3 is 5.32 Å². The fraction of sp³-hybridized carbons (Fsp3) is 0.214. The molecule has 3 heterocycles. The molecule has 8 heteroatoms. The summed E-state index contributed by atoms with van der Waals surface area (Å²) in [7, 11) is 0. The first-order chi connectivity index (χ1) is 17.3. The Labute approximate surface area is 213 Å². The summed E-state index contributed by atoms with van der Waals surface area (Å²) in [5.74, 6) is -2.69. The van der Waals surface area contributed by atoms with E-state index in [9.17, 15) is 14.4 Å². The van der Waals surface area contributed by atoms with Gasteiger partial charge in [-0.15, -0.1) is 0 Å². The monoisotopic (exact) mass is 498 g/mol. The third-order valence-electron chi connectivity index (χ3n) is 7.27. The van der Waals surface area contributed by atoms with Crippen LogP contribution >= 0.6 is 11.6 Å². The van der Waals surface area contributed by atoms with Crippen molar-refractivity contribution in [1.29, 1.82) is 0 Å². The second-order valence-electron chi connectivity index (χ2n) is 9.49. The zero-order valence-corrected chi connectivity index (χ0v) is 20.4. The maximum Gasteiger partial charge on any atom is 0.249 e. The molecule has 0 spiro atoms. The quantitative estimate of drug-likeness (QED) is 0.540. The highest BCUT2D eigenvalue weighted by molar-refractivity contribution is 6.30. The van der Waals surface area contributed by atoms with Crippen molar-refractivity contribution >= 4 is 46.9 Å². The first kappa shape index (κ1) is 22.5. The van der Waals surface area contributed by atoms with Gasteiger partial charge in [0.1, 0.15) is 6.04 Å². The minimum Gasteiger partial charge on any atom is -0.324 e. The van der Waals surface area contributed by atoms with E-state index in [2.05, 4.69) is 10.4 Å². The number of hydrogen-bond acceptors (Lipinski definition) is 5. The van der Waals surface area contributed by atoms with Crippen molar-refractivity contribution < 1.29 is 14.4 Å². The van der Waals surface area contributed by atoms with E-state index in [1.807, 2.05) is 50.2 Å². The lowest BCUT2D eigenvalue weighted by molar-refractivity contribution is -0.129. The number of fused-ring (bicyclic) bond motifs is 5. The molecule has 2 fully saturated rings. The van der Waals surface area contributed by atoms with Crippen LogP contribution in [0.3, 0.4) is 0 Å². The van der Waals surface area contributed by atoms with E-state index in [-0.39, 0.29) is 11.8 Å². The molecule has 3 amide bonds. The molecule has 1 N–H and O–H groups in total. The molecule has 180 valence electrons. The predicted octanol–water partition coefficient (Wildman–Crippen LogP) is 4.47. The third-order valence-corrected chi connectivity index (χ3v) is 7.52. The van der Waals surface area contributed by atoms with Crippen molar-refractivity contribution in [1.82, 2.24) is 5.01 Å². The Hall–Kier alpha value is -3.97. The normalized spacial score (nSPS) is 24.0. The molecule has 6 rings (SSSR count). The molecule has 4 unspecified atom stereocenters. The minimum atomic E-state index is -0.951. The minimum absolute atomic E-state index is 0.305. The molecule has 36 heavy (non-hydrogen) atoms. The number of halogens is 1. The Morgan fingerprint density at radius 2 is 1.67 bits per heavy atom. The van der Waals surface area contributed by atoms with Crippen LogP contribution in [0.4, 0.5) is 11.4 Å². The van der Waals surface area contributed by atoms with Crippen LogP contribution in [0, 0.1) is 25.7 Å². The molecule has 3 aliphatic rings. The first-order valence-corrected chi connectivity index (χ1v) is 12.2. The number of benzene rings is 3. The summed E-state index contributed by atoms with van der Waals surface area (Å²) in [5.41, 5.74) is 4.74. The lowest BCUT2D eigenvalue weighted by atomic mass is 9.85. The fourth-order valence-corrected chi connectivity index (χ4v) is 5.84. The summed E-state index contributed by atoms with van der Waals surface area (Å²) in [5, 5.41) is 9.65. The van der Waals surface area contributed by atoms with Gasteiger partial charge in [-0.25, -0.2) is 4.90 Å². The van der Waals surface area contributed by atoms with Crippen LogP contribution in [0.25, 0.3) is 0 Å². The number of nitrogens with one attached hydrogen (secondary N) is 1. The summed E-state index contributed by atoms with van der Waals surface area (Å²) in [6, 6.07) is 18.6. The van der Waals surface area contributed by atoms with Gasteiger partial charge in [0.05, 0.1) is 29.8 Å². The van der Waals surface area contributed by atoms with Crippen molar-refractivity contribution in [2.45, 2.75) is 25.9 Å². The van der Waals surface area contributed by atoms with Crippen LogP contribution in [0.5, 0.6) is 0 Å². The smallest absolute Gasteiger partial charge is 0.249 e. The summed E-state index contributed by atoms with van der Waals surface area (Å²) in [4.78, 5) is 42.8. The summed E-state index contributed by atoms with van der Waals surface area (Å²) < 4.78 is 0. The number of hydrazone groups is 1. The standard InChI is InChI=1S/C28H23ClN4O3/c1-15-7-12-21(16(2)13-15)32-27(35)22-23(28(32)36)25(26(34)31-19-10-8-18(29)9-11-19)33-24(22)20-6-4-3-5-17(20)14-30-33/h3-14,22-25H,1-2H3,(H,31,34). The van der Waals surface area contributed by atoms with Gasteiger partial charge in [-0.1, -0.05) is 53.6 Å². The van der Waals surface area contributed by atoms with Crippen LogP contribution in [-0.4, -0.2) is 35.0 Å². The van der Waals surface area contributed by atoms with Crippen LogP contribution in [0.2, 0.25) is 5.02 Å². The SMILES string of the molecule is Cc1ccc(N2C(=O)C3C(C2=O)C2c4ccccc4C=NN2C3C(=O)Nc2ccc(Cl)cc2)c(C)c1. The number of carbonyl (C=O) groups excluding carboxylic acids is 3. The van der Waals surface area contributed by atoms with E-state index in [0.29, 0.717) is 16.4 Å². The topological polar surface area (TPSA) is 82.1 Å². The number of rotatable bonds is 3. The Balaban J connectivity index is 1.45. The van der Waals surface area contributed by atoms with Crippen LogP contribution in [-0.2, 0) is 14.4 Å². The summed E-state index contributed by atoms with van der Waals surface area (Å²) in [6.07, 6.45) is 1.69. The Kier molecular flexibility index (Phi) is 5.19. The van der Waals surface area contributed by atoms with Gasteiger partial charge in [-0.05, 0) is 60.9 Å². The highest BCUT2D eigenvalue weighted by atomic mass is 35.5. The van der Waals surface area contributed by atoms with Crippen molar-refractivity contribution in [3.8, 4) is 0 Å². The second-order valence-corrected chi connectivity index (χ2v) is 9.93. The fourth-order valence-electron chi connectivity index (χ4n) is 5.71. The van der Waals surface area contributed by atoms with Gasteiger partial charge in [-0.3, -0.25) is 19.4 Å². The van der Waals surface area contributed by atoms with E-state index in [1.54, 1.807) is 41.6 Å². The van der Waals surface area contributed by atoms with Crippen LogP contribution in [0.1, 0.15) is 28.3 Å². The van der Waals surface area contributed by atoms with Crippen molar-refractivity contribution in [3.05, 3.63) is 94.0 Å². The Bertz CT molecular complexity index is 1450. The van der Waals surface area contributed by atoms with E-state index in [0.717, 1.165) is 22.3 Å². The van der Waals surface area contributed by atoms with Crippen molar-refractivity contribution in [2.75, 3.05) is 10.2 Å². The average molecular weight is 499 g/mol. The Morgan fingerprint density at radius 1 is 0.944 bits per heavy atom. The molecule has 4 atom stereocenters. The second kappa shape index (κ2) is 8.31. The number of nitrogens with zero attached hydrogens (tertiary/aromatic N) is 3. The molecule has 0 aliphatic carbocycles. The molecule has 2 saturated heterocycles.